The molecular formula is C12H15NO2. The summed E-state index contributed by atoms with van der Waals surface area (Å²) in [5.41, 5.74) is 1.10. The van der Waals surface area contributed by atoms with E-state index < -0.39 is 5.60 Å². The molecule has 0 aromatic heterocycles. The van der Waals surface area contributed by atoms with Gasteiger partial charge in [-0.3, -0.25) is 4.79 Å². The van der Waals surface area contributed by atoms with E-state index in [9.17, 15) is 4.79 Å². The first kappa shape index (κ1) is 10.2. The summed E-state index contributed by atoms with van der Waals surface area (Å²) in [5.74, 6) is 0.00514. The van der Waals surface area contributed by atoms with Crippen LogP contribution >= 0.6 is 0 Å². The fraction of sp³-hybridized carbons (Fsp3) is 0.417. The van der Waals surface area contributed by atoms with Gasteiger partial charge in [0.2, 0.25) is 0 Å². The van der Waals surface area contributed by atoms with E-state index in [-0.39, 0.29) is 5.91 Å². The Kier molecular flexibility index (Phi) is 2.27. The zero-order valence-electron chi connectivity index (χ0n) is 9.28. The minimum absolute atomic E-state index is 0.00514. The van der Waals surface area contributed by atoms with Gasteiger partial charge in [-0.1, -0.05) is 18.2 Å². The van der Waals surface area contributed by atoms with Crippen LogP contribution in [0.25, 0.3) is 0 Å². The Morgan fingerprint density at radius 1 is 1.40 bits per heavy atom. The van der Waals surface area contributed by atoms with E-state index >= 15 is 0 Å². The maximum atomic E-state index is 12.1. The topological polar surface area (TPSA) is 29.5 Å². The number of para-hydroxylation sites is 1. The van der Waals surface area contributed by atoms with Crippen molar-refractivity contribution in [2.24, 2.45) is 0 Å². The van der Waals surface area contributed by atoms with Crippen molar-refractivity contribution in [3.8, 4) is 0 Å². The van der Waals surface area contributed by atoms with E-state index in [4.69, 9.17) is 4.74 Å². The molecule has 0 spiro atoms. The number of nitrogens with zero attached hydrogens (tertiary/aromatic N) is 1. The van der Waals surface area contributed by atoms with Gasteiger partial charge in [-0.15, -0.1) is 0 Å². The lowest BCUT2D eigenvalue weighted by Crippen LogP contribution is -2.38. The number of benzene rings is 1. The number of fused-ring (bicyclic) bond motifs is 1. The van der Waals surface area contributed by atoms with Crippen LogP contribution < -0.4 is 4.90 Å². The Morgan fingerprint density at radius 2 is 2.07 bits per heavy atom. The van der Waals surface area contributed by atoms with Crippen molar-refractivity contribution in [1.29, 1.82) is 0 Å². The summed E-state index contributed by atoms with van der Waals surface area (Å²) in [7, 11) is 1.78. The van der Waals surface area contributed by atoms with Crippen molar-refractivity contribution in [2.75, 3.05) is 18.6 Å². The van der Waals surface area contributed by atoms with Crippen LogP contribution in [0, 0.1) is 0 Å². The Hall–Kier alpha value is -1.35. The molecule has 1 aromatic rings. The van der Waals surface area contributed by atoms with Gasteiger partial charge in [0, 0.05) is 19.2 Å². The van der Waals surface area contributed by atoms with Crippen molar-refractivity contribution in [3.63, 3.8) is 0 Å². The third-order valence-electron chi connectivity index (χ3n) is 2.93. The van der Waals surface area contributed by atoms with E-state index in [2.05, 4.69) is 0 Å². The molecule has 1 unspecified atom stereocenters. The van der Waals surface area contributed by atoms with Crippen LogP contribution in [0.2, 0.25) is 0 Å². The number of amides is 1. The molecule has 80 valence electrons. The molecule has 1 atom stereocenters. The molecule has 3 heteroatoms. The number of likely N-dealkylation sites (N-methyl/N-ethyl adjacent to an activating group) is 1. The molecule has 0 radical (unpaired) electrons. The summed E-state index contributed by atoms with van der Waals surface area (Å²) in [5, 5.41) is 0. The summed E-state index contributed by atoms with van der Waals surface area (Å²) in [6, 6.07) is 7.76. The Labute approximate surface area is 89.7 Å². The van der Waals surface area contributed by atoms with Crippen molar-refractivity contribution < 1.29 is 9.53 Å². The zero-order chi connectivity index (χ0) is 11.1. The van der Waals surface area contributed by atoms with Gasteiger partial charge in [0.1, 0.15) is 0 Å². The average Bonchev–Trinajstić information content (AvgIpc) is 2.43. The summed E-state index contributed by atoms with van der Waals surface area (Å²) < 4.78 is 5.61. The fourth-order valence-electron chi connectivity index (χ4n) is 2.14. The number of hydrogen-bond donors (Lipinski definition) is 0. The largest absolute Gasteiger partial charge is 0.361 e. The van der Waals surface area contributed by atoms with Gasteiger partial charge < -0.3 is 9.64 Å². The monoisotopic (exact) mass is 205 g/mol. The van der Waals surface area contributed by atoms with Crippen molar-refractivity contribution in [1.82, 2.24) is 0 Å². The third kappa shape index (κ3) is 1.27. The lowest BCUT2D eigenvalue weighted by molar-refractivity contribution is -0.140. The highest BCUT2D eigenvalue weighted by atomic mass is 16.5. The predicted octanol–water partition coefficient (Wildman–Crippen LogP) is 1.91. The van der Waals surface area contributed by atoms with Crippen LogP contribution in [0.1, 0.15) is 19.4 Å². The lowest BCUT2D eigenvalue weighted by atomic mass is 9.97. The number of carbonyl (C=O) groups is 1. The predicted molar refractivity (Wildman–Crippen MR) is 58.8 cm³/mol. The molecule has 0 bridgehead atoms. The molecule has 1 heterocycles. The van der Waals surface area contributed by atoms with Crippen LogP contribution in [0.5, 0.6) is 0 Å². The standard InChI is InChI=1S/C12H15NO2/c1-4-15-12(2)9-7-5-6-8-10(9)13(3)11(12)14/h5-8H,4H2,1-3H3. The second kappa shape index (κ2) is 3.35. The van der Waals surface area contributed by atoms with Crippen LogP contribution in [-0.4, -0.2) is 19.6 Å². The zero-order valence-corrected chi connectivity index (χ0v) is 9.28. The van der Waals surface area contributed by atoms with Gasteiger partial charge in [0.25, 0.3) is 5.91 Å². The average molecular weight is 205 g/mol. The summed E-state index contributed by atoms with van der Waals surface area (Å²) >= 11 is 0. The normalized spacial score (nSPS) is 24.5. The third-order valence-corrected chi connectivity index (χ3v) is 2.93. The van der Waals surface area contributed by atoms with E-state index in [1.165, 1.54) is 0 Å². The molecule has 0 aliphatic carbocycles. The highest BCUT2D eigenvalue weighted by Gasteiger charge is 2.46. The fourth-order valence-corrected chi connectivity index (χ4v) is 2.14. The molecule has 1 aliphatic heterocycles. The molecule has 3 nitrogen and oxygen atoms in total. The van der Waals surface area contributed by atoms with E-state index in [1.807, 2.05) is 38.1 Å². The highest BCUT2D eigenvalue weighted by Crippen LogP contribution is 2.41. The smallest absolute Gasteiger partial charge is 0.263 e. The first-order valence-electron chi connectivity index (χ1n) is 5.13. The molecule has 1 aromatic carbocycles. The highest BCUT2D eigenvalue weighted by molar-refractivity contribution is 6.06. The van der Waals surface area contributed by atoms with Gasteiger partial charge >= 0.3 is 0 Å². The second-order valence-electron chi connectivity index (χ2n) is 3.85. The molecule has 0 saturated heterocycles. The van der Waals surface area contributed by atoms with E-state index in [1.54, 1.807) is 11.9 Å². The second-order valence-corrected chi connectivity index (χ2v) is 3.85. The van der Waals surface area contributed by atoms with Gasteiger partial charge in [0.15, 0.2) is 5.60 Å². The number of rotatable bonds is 2. The molecule has 0 fully saturated rings. The van der Waals surface area contributed by atoms with Gasteiger partial charge in [-0.2, -0.15) is 0 Å². The van der Waals surface area contributed by atoms with Gasteiger partial charge in [-0.25, -0.2) is 0 Å². The van der Waals surface area contributed by atoms with E-state index in [0.29, 0.717) is 6.61 Å². The van der Waals surface area contributed by atoms with Crippen molar-refractivity contribution in [2.45, 2.75) is 19.4 Å². The number of ether oxygens (including phenoxy) is 1. The molecular weight excluding hydrogens is 190 g/mol. The van der Waals surface area contributed by atoms with Crippen molar-refractivity contribution in [3.05, 3.63) is 29.8 Å². The van der Waals surface area contributed by atoms with Crippen LogP contribution in [0.4, 0.5) is 5.69 Å². The minimum Gasteiger partial charge on any atom is -0.361 e. The summed E-state index contributed by atoms with van der Waals surface area (Å²) in [6.45, 7) is 4.27. The van der Waals surface area contributed by atoms with Crippen molar-refractivity contribution >= 4 is 11.6 Å². The lowest BCUT2D eigenvalue weighted by Gasteiger charge is -2.22. The number of anilines is 1. The molecule has 1 aliphatic rings. The Balaban J connectivity index is 2.55. The van der Waals surface area contributed by atoms with Crippen LogP contribution in [-0.2, 0) is 15.1 Å². The number of carbonyl (C=O) groups excluding carboxylic acids is 1. The van der Waals surface area contributed by atoms with E-state index in [0.717, 1.165) is 11.3 Å². The maximum absolute atomic E-state index is 12.1. The molecule has 2 rings (SSSR count). The Morgan fingerprint density at radius 3 is 2.73 bits per heavy atom. The molecule has 0 saturated carbocycles. The van der Waals surface area contributed by atoms with Crippen LogP contribution in [0.15, 0.2) is 24.3 Å². The van der Waals surface area contributed by atoms with Crippen LogP contribution in [0.3, 0.4) is 0 Å². The number of hydrogen-bond acceptors (Lipinski definition) is 2. The molecule has 0 N–H and O–H groups in total. The molecule has 15 heavy (non-hydrogen) atoms. The maximum Gasteiger partial charge on any atom is 0.263 e. The summed E-state index contributed by atoms with van der Waals surface area (Å²) in [6.07, 6.45) is 0. The first-order valence-corrected chi connectivity index (χ1v) is 5.13. The van der Waals surface area contributed by atoms with Gasteiger partial charge in [-0.05, 0) is 19.9 Å². The Bertz CT molecular complexity index is 402. The van der Waals surface area contributed by atoms with Gasteiger partial charge in [0.05, 0.1) is 5.69 Å². The first-order chi connectivity index (χ1) is 7.11. The summed E-state index contributed by atoms with van der Waals surface area (Å²) in [4.78, 5) is 13.7. The molecule has 1 amide bonds. The SMILES string of the molecule is CCOC1(C)C(=O)N(C)c2ccccc21. The quantitative estimate of drug-likeness (QED) is 0.738. The minimum atomic E-state index is -0.805.